The highest BCUT2D eigenvalue weighted by molar-refractivity contribution is 6.32. The first-order valence-electron chi connectivity index (χ1n) is 7.09. The minimum atomic E-state index is -0.844. The molecule has 22 heavy (non-hydrogen) atoms. The van der Waals surface area contributed by atoms with Gasteiger partial charge in [0.25, 0.3) is 0 Å². The summed E-state index contributed by atoms with van der Waals surface area (Å²) in [5.41, 5.74) is 1.01. The first kappa shape index (κ1) is 16.4. The Hall–Kier alpha value is -1.95. The largest absolute Gasteiger partial charge is 0.495 e. The molecule has 7 heteroatoms. The number of halogens is 1. The lowest BCUT2D eigenvalue weighted by Gasteiger charge is -2.16. The molecule has 0 spiro atoms. The van der Waals surface area contributed by atoms with E-state index in [-0.39, 0.29) is 12.6 Å². The van der Waals surface area contributed by atoms with Crippen LogP contribution >= 0.6 is 11.6 Å². The smallest absolute Gasteiger partial charge is 0.317 e. The maximum atomic E-state index is 12.0. The molecule has 1 aromatic rings. The Bertz CT molecular complexity index is 564. The van der Waals surface area contributed by atoms with Crippen molar-refractivity contribution in [3.05, 3.63) is 28.8 Å². The molecule has 1 atom stereocenters. The average molecular weight is 327 g/mol. The van der Waals surface area contributed by atoms with Crippen LogP contribution in [0.4, 0.5) is 4.79 Å². The Kier molecular flexibility index (Phi) is 5.49. The van der Waals surface area contributed by atoms with Crippen LogP contribution in [0.1, 0.15) is 12.0 Å². The van der Waals surface area contributed by atoms with E-state index < -0.39 is 11.9 Å². The van der Waals surface area contributed by atoms with Crippen molar-refractivity contribution < 1.29 is 19.4 Å². The number of ether oxygens (including phenoxy) is 1. The second kappa shape index (κ2) is 7.35. The van der Waals surface area contributed by atoms with E-state index in [9.17, 15) is 9.59 Å². The van der Waals surface area contributed by atoms with Gasteiger partial charge in [0, 0.05) is 19.6 Å². The maximum absolute atomic E-state index is 12.0. The number of methoxy groups -OCH3 is 1. The van der Waals surface area contributed by atoms with Gasteiger partial charge in [-0.25, -0.2) is 4.79 Å². The van der Waals surface area contributed by atoms with Crippen molar-refractivity contribution in [2.45, 2.75) is 12.8 Å². The molecule has 1 aliphatic heterocycles. The Labute approximate surface area is 134 Å². The number of carbonyl (C=O) groups is 2. The van der Waals surface area contributed by atoms with Gasteiger partial charge in [-0.1, -0.05) is 17.7 Å². The summed E-state index contributed by atoms with van der Waals surface area (Å²) in [7, 11) is 1.55. The number of aliphatic carboxylic acids is 1. The molecule has 1 aliphatic rings. The molecule has 6 nitrogen and oxygen atoms in total. The minimum absolute atomic E-state index is 0.218. The average Bonchev–Trinajstić information content (AvgIpc) is 2.99. The number of rotatable bonds is 5. The number of benzene rings is 1. The first-order valence-corrected chi connectivity index (χ1v) is 7.47. The van der Waals surface area contributed by atoms with E-state index in [1.807, 2.05) is 12.1 Å². The number of carboxylic acids is 1. The Morgan fingerprint density at radius 2 is 2.27 bits per heavy atom. The predicted octanol–water partition coefficient (Wildman–Crippen LogP) is 2.01. The molecule has 0 saturated carbocycles. The van der Waals surface area contributed by atoms with E-state index in [0.717, 1.165) is 5.56 Å². The number of nitrogens with zero attached hydrogens (tertiary/aromatic N) is 1. The molecule has 1 aromatic carbocycles. The van der Waals surface area contributed by atoms with E-state index in [0.29, 0.717) is 36.7 Å². The van der Waals surface area contributed by atoms with E-state index in [1.165, 1.54) is 0 Å². The van der Waals surface area contributed by atoms with Crippen LogP contribution in [0.15, 0.2) is 18.2 Å². The monoisotopic (exact) mass is 326 g/mol. The fourth-order valence-corrected chi connectivity index (χ4v) is 2.63. The summed E-state index contributed by atoms with van der Waals surface area (Å²) in [4.78, 5) is 24.4. The van der Waals surface area contributed by atoms with Gasteiger partial charge in [-0.05, 0) is 30.5 Å². The van der Waals surface area contributed by atoms with Gasteiger partial charge in [0.1, 0.15) is 5.75 Å². The molecule has 1 heterocycles. The summed E-state index contributed by atoms with van der Waals surface area (Å²) in [5, 5.41) is 12.3. The molecule has 120 valence electrons. The van der Waals surface area contributed by atoms with Crippen molar-refractivity contribution in [2.24, 2.45) is 5.92 Å². The number of likely N-dealkylation sites (tertiary alicyclic amines) is 1. The summed E-state index contributed by atoms with van der Waals surface area (Å²) in [6.45, 7) is 1.23. The SMILES string of the molecule is COc1cc(CCNC(=O)N2CCC(C(=O)O)C2)ccc1Cl. The van der Waals surface area contributed by atoms with Gasteiger partial charge in [-0.3, -0.25) is 4.79 Å². The zero-order valence-electron chi connectivity index (χ0n) is 12.3. The number of nitrogens with one attached hydrogen (secondary N) is 1. The van der Waals surface area contributed by atoms with Crippen LogP contribution in [-0.4, -0.2) is 48.8 Å². The highest BCUT2D eigenvalue weighted by Crippen LogP contribution is 2.25. The van der Waals surface area contributed by atoms with Crippen LogP contribution in [0.3, 0.4) is 0 Å². The summed E-state index contributed by atoms with van der Waals surface area (Å²) < 4.78 is 5.15. The third kappa shape index (κ3) is 4.04. The molecule has 0 aliphatic carbocycles. The number of carbonyl (C=O) groups excluding carboxylic acids is 1. The van der Waals surface area contributed by atoms with Gasteiger partial charge < -0.3 is 20.1 Å². The molecular formula is C15H19ClN2O4. The normalized spacial score (nSPS) is 17.4. The predicted molar refractivity (Wildman–Crippen MR) is 82.4 cm³/mol. The molecule has 0 aromatic heterocycles. The van der Waals surface area contributed by atoms with Crippen molar-refractivity contribution in [3.8, 4) is 5.75 Å². The Morgan fingerprint density at radius 3 is 2.91 bits per heavy atom. The molecule has 1 saturated heterocycles. The Balaban J connectivity index is 1.79. The van der Waals surface area contributed by atoms with Gasteiger partial charge in [0.15, 0.2) is 0 Å². The molecule has 1 unspecified atom stereocenters. The van der Waals surface area contributed by atoms with E-state index >= 15 is 0 Å². The zero-order valence-corrected chi connectivity index (χ0v) is 13.1. The van der Waals surface area contributed by atoms with Crippen LogP contribution in [0.2, 0.25) is 5.02 Å². The van der Waals surface area contributed by atoms with Crippen molar-refractivity contribution in [1.29, 1.82) is 0 Å². The van der Waals surface area contributed by atoms with E-state index in [2.05, 4.69) is 5.32 Å². The molecule has 2 amide bonds. The van der Waals surface area contributed by atoms with E-state index in [4.69, 9.17) is 21.4 Å². The molecular weight excluding hydrogens is 308 g/mol. The van der Waals surface area contributed by atoms with Gasteiger partial charge in [-0.2, -0.15) is 0 Å². The van der Waals surface area contributed by atoms with Crippen LogP contribution in [-0.2, 0) is 11.2 Å². The van der Waals surface area contributed by atoms with E-state index in [1.54, 1.807) is 18.1 Å². The van der Waals surface area contributed by atoms with Crippen molar-refractivity contribution in [2.75, 3.05) is 26.7 Å². The van der Waals surface area contributed by atoms with Gasteiger partial charge >= 0.3 is 12.0 Å². The second-order valence-corrected chi connectivity index (χ2v) is 5.63. The molecule has 2 N–H and O–H groups in total. The summed E-state index contributed by atoms with van der Waals surface area (Å²) >= 11 is 5.96. The second-order valence-electron chi connectivity index (χ2n) is 5.22. The lowest BCUT2D eigenvalue weighted by atomic mass is 10.1. The van der Waals surface area contributed by atoms with Crippen LogP contribution in [0.5, 0.6) is 5.75 Å². The minimum Gasteiger partial charge on any atom is -0.495 e. The third-order valence-electron chi connectivity index (χ3n) is 3.73. The lowest BCUT2D eigenvalue weighted by molar-refractivity contribution is -0.141. The fourth-order valence-electron chi connectivity index (χ4n) is 2.43. The number of carboxylic acid groups (broad SMARTS) is 1. The van der Waals surface area contributed by atoms with Gasteiger partial charge in [0.05, 0.1) is 18.1 Å². The standard InChI is InChI=1S/C15H19ClN2O4/c1-22-13-8-10(2-3-12(13)16)4-6-17-15(21)18-7-5-11(9-18)14(19)20/h2-3,8,11H,4-7,9H2,1H3,(H,17,21)(H,19,20). The van der Waals surface area contributed by atoms with Crippen LogP contribution in [0, 0.1) is 5.92 Å². The zero-order chi connectivity index (χ0) is 16.1. The summed E-state index contributed by atoms with van der Waals surface area (Å²) in [5.74, 6) is -0.691. The van der Waals surface area contributed by atoms with Crippen LogP contribution < -0.4 is 10.1 Å². The molecule has 1 fully saturated rings. The number of hydrogen-bond donors (Lipinski definition) is 2. The highest BCUT2D eigenvalue weighted by Gasteiger charge is 2.30. The number of urea groups is 1. The number of amides is 2. The fraction of sp³-hybridized carbons (Fsp3) is 0.467. The lowest BCUT2D eigenvalue weighted by Crippen LogP contribution is -2.39. The first-order chi connectivity index (χ1) is 10.5. The summed E-state index contributed by atoms with van der Waals surface area (Å²) in [6, 6.07) is 5.26. The summed E-state index contributed by atoms with van der Waals surface area (Å²) in [6.07, 6.45) is 1.16. The van der Waals surface area contributed by atoms with Gasteiger partial charge in [0.2, 0.25) is 0 Å². The molecule has 0 radical (unpaired) electrons. The quantitative estimate of drug-likeness (QED) is 0.867. The number of hydrogen-bond acceptors (Lipinski definition) is 3. The molecule has 0 bridgehead atoms. The highest BCUT2D eigenvalue weighted by atomic mass is 35.5. The van der Waals surface area contributed by atoms with Gasteiger partial charge in [-0.15, -0.1) is 0 Å². The van der Waals surface area contributed by atoms with Crippen molar-refractivity contribution >= 4 is 23.6 Å². The molecule has 2 rings (SSSR count). The van der Waals surface area contributed by atoms with Crippen molar-refractivity contribution in [1.82, 2.24) is 10.2 Å². The maximum Gasteiger partial charge on any atom is 0.317 e. The van der Waals surface area contributed by atoms with Crippen LogP contribution in [0.25, 0.3) is 0 Å². The van der Waals surface area contributed by atoms with Crippen molar-refractivity contribution in [3.63, 3.8) is 0 Å². The third-order valence-corrected chi connectivity index (χ3v) is 4.04. The Morgan fingerprint density at radius 1 is 1.50 bits per heavy atom. The topological polar surface area (TPSA) is 78.9 Å².